The highest BCUT2D eigenvalue weighted by Crippen LogP contribution is 2.61. The van der Waals surface area contributed by atoms with E-state index in [0.717, 1.165) is 46.0 Å². The molecule has 6 atom stereocenters. The van der Waals surface area contributed by atoms with Gasteiger partial charge in [-0.15, -0.1) is 5.10 Å². The van der Waals surface area contributed by atoms with Crippen LogP contribution >= 0.6 is 0 Å². The minimum absolute atomic E-state index is 0.0635. The van der Waals surface area contributed by atoms with Gasteiger partial charge in [0.05, 0.1) is 63.5 Å². The Morgan fingerprint density at radius 3 is 2.29 bits per heavy atom. The molecule has 6 aromatic rings. The number of rotatable bonds is 18. The van der Waals surface area contributed by atoms with Crippen molar-refractivity contribution in [2.75, 3.05) is 43.3 Å². The normalized spacial score (nSPS) is 21.6. The van der Waals surface area contributed by atoms with Crippen molar-refractivity contribution in [3.05, 3.63) is 150 Å². The summed E-state index contributed by atoms with van der Waals surface area (Å²) < 4.78 is 20.9. The van der Waals surface area contributed by atoms with E-state index in [0.29, 0.717) is 56.0 Å². The van der Waals surface area contributed by atoms with E-state index < -0.39 is 19.7 Å². The van der Waals surface area contributed by atoms with Crippen LogP contribution in [-0.2, 0) is 32.9 Å². The molecule has 0 bridgehead atoms. The maximum absolute atomic E-state index is 15.9. The van der Waals surface area contributed by atoms with E-state index in [1.54, 1.807) is 16.9 Å². The van der Waals surface area contributed by atoms with Gasteiger partial charge in [0, 0.05) is 42.2 Å². The van der Waals surface area contributed by atoms with Crippen molar-refractivity contribution in [2.24, 2.45) is 5.92 Å². The predicted molar refractivity (Wildman–Crippen MR) is 266 cm³/mol. The number of nitrogens with zero attached hydrogens (tertiary/aromatic N) is 5. The topological polar surface area (TPSA) is 152 Å². The number of unbranched alkanes of at least 4 members (excludes halogenated alkanes) is 1. The van der Waals surface area contributed by atoms with Crippen LogP contribution in [0.1, 0.15) is 61.4 Å². The van der Waals surface area contributed by atoms with Gasteiger partial charge >= 0.3 is 0 Å². The molecule has 2 unspecified atom stereocenters. The van der Waals surface area contributed by atoms with E-state index >= 15 is 4.79 Å². The molecule has 68 heavy (non-hydrogen) atoms. The van der Waals surface area contributed by atoms with E-state index in [-0.39, 0.29) is 48.5 Å². The zero-order valence-electron chi connectivity index (χ0n) is 39.5. The first-order valence-corrected chi connectivity index (χ1v) is 27.0. The van der Waals surface area contributed by atoms with Gasteiger partial charge in [-0.25, -0.2) is 0 Å². The molecule has 13 nitrogen and oxygen atoms in total. The largest absolute Gasteiger partial charge is 0.497 e. The molecular formula is C54H62N6O7Si. The second-order valence-electron chi connectivity index (χ2n) is 18.7. The van der Waals surface area contributed by atoms with Gasteiger partial charge in [0.2, 0.25) is 5.91 Å². The van der Waals surface area contributed by atoms with Gasteiger partial charge in [-0.2, -0.15) is 0 Å². The Hall–Kier alpha value is -6.16. The molecule has 0 aliphatic carbocycles. The Balaban J connectivity index is 1.15. The second kappa shape index (κ2) is 19.8. The van der Waals surface area contributed by atoms with Crippen molar-refractivity contribution in [2.45, 2.75) is 88.4 Å². The number of benzene rings is 5. The molecular weight excluding hydrogens is 873 g/mol. The molecule has 1 aromatic heterocycles. The van der Waals surface area contributed by atoms with Crippen LogP contribution in [0.5, 0.6) is 11.5 Å². The molecule has 3 aliphatic rings. The molecule has 5 aromatic carbocycles. The fraction of sp³-hybridized carbons (Fsp3) is 0.370. The van der Waals surface area contributed by atoms with Gasteiger partial charge < -0.3 is 29.7 Å². The Bertz CT molecular complexity index is 2720. The summed E-state index contributed by atoms with van der Waals surface area (Å²) in [6, 6.07) is 39.1. The van der Waals surface area contributed by atoms with Crippen molar-refractivity contribution in [1.29, 1.82) is 0 Å². The maximum Gasteiger partial charge on any atom is 0.268 e. The maximum atomic E-state index is 15.9. The summed E-state index contributed by atoms with van der Waals surface area (Å²) in [5.74, 6) is 0.611. The standard InChI is InChI=1S/C54H62N6O7Si/c1-6-66-42-22-26-48-38(31-42)32-46(55-28-13-14-30-61)52(63)59(48)40-19-25-49-45(33-40)54(53(64)60(49)39-17-11-8-12-18-39)36(2)51(68(4,5)43-23-20-41(65-3)21-24-43)50(67-54)27-29-58-34-47(56-57-58)44(35-62)37-15-9-7-10-16-37/h7-12,15-26,31,33-34,36,44,46,50-51,55,61-62H,6,13-14,27-30,32,35H2,1-5H3/t36-,44?,46?,50+,51-,54+/m1/s1. The number of aliphatic hydroxyl groups excluding tert-OH is 2. The number of hydrogen-bond donors (Lipinski definition) is 3. The number of carbonyl (C=O) groups is 2. The summed E-state index contributed by atoms with van der Waals surface area (Å²) in [6.07, 6.45) is 3.91. The first-order valence-electron chi connectivity index (χ1n) is 23.9. The number of aromatic nitrogens is 3. The van der Waals surface area contributed by atoms with Crippen LogP contribution in [0.3, 0.4) is 0 Å². The minimum atomic E-state index is -2.53. The molecule has 0 radical (unpaired) electrons. The lowest BCUT2D eigenvalue weighted by Gasteiger charge is -2.37. The smallest absolute Gasteiger partial charge is 0.268 e. The average molecular weight is 935 g/mol. The quantitative estimate of drug-likeness (QED) is 0.0577. The Kier molecular flexibility index (Phi) is 13.7. The van der Waals surface area contributed by atoms with Gasteiger partial charge in [0.25, 0.3) is 5.91 Å². The Labute approximate surface area is 399 Å². The minimum Gasteiger partial charge on any atom is -0.497 e. The van der Waals surface area contributed by atoms with Gasteiger partial charge in [-0.3, -0.25) is 24.1 Å². The number of hydrogen-bond acceptors (Lipinski definition) is 10. The lowest BCUT2D eigenvalue weighted by atomic mass is 9.82. The lowest BCUT2D eigenvalue weighted by Crippen LogP contribution is -2.51. The molecule has 1 spiro atoms. The van der Waals surface area contributed by atoms with Crippen molar-refractivity contribution >= 4 is 47.8 Å². The molecule has 3 N–H and O–H groups in total. The van der Waals surface area contributed by atoms with Crippen LogP contribution in [-0.4, -0.2) is 90.7 Å². The van der Waals surface area contributed by atoms with Crippen molar-refractivity contribution in [1.82, 2.24) is 20.3 Å². The summed E-state index contributed by atoms with van der Waals surface area (Å²) in [7, 11) is -0.860. The Morgan fingerprint density at radius 2 is 1.59 bits per heavy atom. The van der Waals surface area contributed by atoms with E-state index in [2.05, 4.69) is 47.8 Å². The van der Waals surface area contributed by atoms with Gasteiger partial charge in [0.15, 0.2) is 5.60 Å². The lowest BCUT2D eigenvalue weighted by molar-refractivity contribution is -0.145. The van der Waals surface area contributed by atoms with E-state index in [1.165, 1.54) is 5.19 Å². The molecule has 2 amide bonds. The number of para-hydroxylation sites is 1. The van der Waals surface area contributed by atoms with Crippen LogP contribution in [0.25, 0.3) is 0 Å². The van der Waals surface area contributed by atoms with Crippen molar-refractivity contribution < 1.29 is 34.0 Å². The SMILES string of the molecule is CCOc1ccc2c(c1)CC(NCCCCO)C(=O)N2c1ccc2c(c1)[C@]1(O[C@@H](CCn3cc(C(CO)c4ccccc4)nn3)[C@H]([Si](C)(C)c3ccc(OC)cc3)[C@H]1C)C(=O)N2c1ccccc1. The second-order valence-corrected chi connectivity index (χ2v) is 23.4. The number of methoxy groups -OCH3 is 1. The number of aryl methyl sites for hydroxylation is 1. The highest BCUT2D eigenvalue weighted by Gasteiger charge is 2.66. The summed E-state index contributed by atoms with van der Waals surface area (Å²) in [5, 5.41) is 33.7. The average Bonchev–Trinajstić information content (AvgIpc) is 4.02. The number of fused-ring (bicyclic) bond motifs is 3. The zero-order chi connectivity index (χ0) is 47.6. The molecule has 1 saturated heterocycles. The number of carbonyl (C=O) groups excluding carboxylic acids is 2. The molecule has 9 rings (SSSR count). The first kappa shape index (κ1) is 46.9. The number of amides is 2. The Morgan fingerprint density at radius 1 is 0.868 bits per heavy atom. The molecule has 14 heteroatoms. The summed E-state index contributed by atoms with van der Waals surface area (Å²) in [6.45, 7) is 10.4. The highest BCUT2D eigenvalue weighted by atomic mass is 28.3. The number of aliphatic hydroxyl groups is 2. The summed E-state index contributed by atoms with van der Waals surface area (Å²) in [4.78, 5) is 34.3. The van der Waals surface area contributed by atoms with Crippen LogP contribution < -0.4 is 29.8 Å². The molecule has 0 saturated carbocycles. The van der Waals surface area contributed by atoms with Crippen molar-refractivity contribution in [3.63, 3.8) is 0 Å². The van der Waals surface area contributed by atoms with Gasteiger partial charge in [0.1, 0.15) is 11.5 Å². The van der Waals surface area contributed by atoms with E-state index in [9.17, 15) is 15.0 Å². The van der Waals surface area contributed by atoms with Crippen LogP contribution in [0, 0.1) is 5.92 Å². The first-order chi connectivity index (χ1) is 33.0. The summed E-state index contributed by atoms with van der Waals surface area (Å²) in [5.41, 5.74) is 4.69. The molecule has 1 fully saturated rings. The third-order valence-corrected chi connectivity index (χ3v) is 18.8. The van der Waals surface area contributed by atoms with E-state index in [1.807, 2.05) is 127 Å². The third kappa shape index (κ3) is 8.53. The van der Waals surface area contributed by atoms with Gasteiger partial charge in [-0.1, -0.05) is 91.1 Å². The fourth-order valence-corrected chi connectivity index (χ4v) is 15.1. The zero-order valence-corrected chi connectivity index (χ0v) is 40.5. The molecule has 3 aliphatic heterocycles. The van der Waals surface area contributed by atoms with Crippen molar-refractivity contribution in [3.8, 4) is 11.5 Å². The predicted octanol–water partition coefficient (Wildman–Crippen LogP) is 7.75. The highest BCUT2D eigenvalue weighted by molar-refractivity contribution is 6.91. The van der Waals surface area contributed by atoms with Crippen LogP contribution in [0.2, 0.25) is 18.6 Å². The monoisotopic (exact) mass is 934 g/mol. The van der Waals surface area contributed by atoms with Crippen LogP contribution in [0.4, 0.5) is 22.7 Å². The molecule has 4 heterocycles. The van der Waals surface area contributed by atoms with Crippen LogP contribution in [0.15, 0.2) is 128 Å². The fourth-order valence-electron chi connectivity index (χ4n) is 11.1. The third-order valence-electron chi connectivity index (χ3n) is 14.5. The number of anilines is 4. The van der Waals surface area contributed by atoms with Gasteiger partial charge in [-0.05, 0) is 116 Å². The molecule has 354 valence electrons. The summed E-state index contributed by atoms with van der Waals surface area (Å²) >= 11 is 0. The number of ether oxygens (including phenoxy) is 3. The van der Waals surface area contributed by atoms with E-state index in [4.69, 9.17) is 14.2 Å². The number of nitrogens with one attached hydrogen (secondary N) is 1.